The number of Topliss-reactive ketones (excluding diaryl/α,β-unsaturated/α-hetero) is 1. The third-order valence-electron chi connectivity index (χ3n) is 6.54. The summed E-state index contributed by atoms with van der Waals surface area (Å²) in [5, 5.41) is 0. The zero-order valence-corrected chi connectivity index (χ0v) is 17.9. The summed E-state index contributed by atoms with van der Waals surface area (Å²) in [6.45, 7) is 1.08. The number of carbonyl (C=O) groups excluding carboxylic acids is 1. The van der Waals surface area contributed by atoms with Crippen molar-refractivity contribution in [2.75, 3.05) is 19.8 Å². The van der Waals surface area contributed by atoms with Gasteiger partial charge in [0.05, 0.1) is 12.8 Å². The molecule has 0 saturated heterocycles. The Morgan fingerprint density at radius 3 is 2.64 bits per heavy atom. The van der Waals surface area contributed by atoms with Gasteiger partial charge in [-0.2, -0.15) is 13.2 Å². The second kappa shape index (κ2) is 7.36. The Labute approximate surface area is 187 Å². The van der Waals surface area contributed by atoms with Gasteiger partial charge in [-0.05, 0) is 49.1 Å². The maximum absolute atomic E-state index is 12.9. The molecule has 1 aromatic heterocycles. The van der Waals surface area contributed by atoms with Gasteiger partial charge in [0.2, 0.25) is 0 Å². The molecule has 0 radical (unpaired) electrons. The Morgan fingerprint density at radius 2 is 2.00 bits per heavy atom. The highest BCUT2D eigenvalue weighted by molar-refractivity contribution is 5.97. The summed E-state index contributed by atoms with van der Waals surface area (Å²) in [7, 11) is 0. The highest BCUT2D eigenvalue weighted by atomic mass is 19.4. The summed E-state index contributed by atoms with van der Waals surface area (Å²) in [5.74, 6) is 0.402. The van der Waals surface area contributed by atoms with E-state index in [2.05, 4.69) is 9.98 Å². The highest BCUT2D eigenvalue weighted by Crippen LogP contribution is 2.65. The first-order valence-electron chi connectivity index (χ1n) is 10.5. The van der Waals surface area contributed by atoms with Crippen LogP contribution in [-0.2, 0) is 16.7 Å². The molecule has 1 fully saturated rings. The van der Waals surface area contributed by atoms with Gasteiger partial charge in [0.15, 0.2) is 12.4 Å². The second-order valence-electron chi connectivity index (χ2n) is 8.84. The topological polar surface area (TPSA) is 96.0 Å². The zero-order chi connectivity index (χ0) is 23.4. The zero-order valence-electron chi connectivity index (χ0n) is 17.9. The van der Waals surface area contributed by atoms with Crippen LogP contribution in [0.2, 0.25) is 0 Å². The van der Waals surface area contributed by atoms with Crippen molar-refractivity contribution in [2.45, 2.75) is 37.9 Å². The van der Waals surface area contributed by atoms with Crippen molar-refractivity contribution in [3.05, 3.63) is 52.8 Å². The minimum absolute atomic E-state index is 0.0411. The summed E-state index contributed by atoms with van der Waals surface area (Å²) in [6, 6.07) is 7.09. The molecule has 1 saturated carbocycles. The number of hydrogen-bond acceptors (Lipinski definition) is 7. The van der Waals surface area contributed by atoms with Gasteiger partial charge in [-0.1, -0.05) is 6.07 Å². The SMILES string of the molecule is Cc1cc(OCC(F)(F)F)cnc1C(=O)Cc1ccc2c(c1)C1(COC(N)=N1)C1(CC1)CO2. The van der Waals surface area contributed by atoms with Gasteiger partial charge in [0.25, 0.3) is 6.02 Å². The third kappa shape index (κ3) is 3.77. The molecule has 10 heteroatoms. The van der Waals surface area contributed by atoms with E-state index in [1.807, 2.05) is 18.2 Å². The molecule has 3 heterocycles. The van der Waals surface area contributed by atoms with Crippen molar-refractivity contribution in [3.63, 3.8) is 0 Å². The molecule has 33 heavy (non-hydrogen) atoms. The number of aliphatic imine (C=N–C) groups is 1. The molecular weight excluding hydrogens is 439 g/mol. The number of hydrogen-bond donors (Lipinski definition) is 1. The normalized spacial score (nSPS) is 22.4. The quantitative estimate of drug-likeness (QED) is 0.685. The number of halogens is 3. The van der Waals surface area contributed by atoms with E-state index in [9.17, 15) is 18.0 Å². The molecule has 0 bridgehead atoms. The Balaban J connectivity index is 1.38. The van der Waals surface area contributed by atoms with Crippen molar-refractivity contribution >= 4 is 11.8 Å². The Bertz CT molecular complexity index is 1160. The Kier molecular flexibility index (Phi) is 4.80. The lowest BCUT2D eigenvalue weighted by Gasteiger charge is -2.39. The van der Waals surface area contributed by atoms with Crippen LogP contribution >= 0.6 is 0 Å². The van der Waals surface area contributed by atoms with Crippen LogP contribution in [0, 0.1) is 12.3 Å². The maximum Gasteiger partial charge on any atom is 0.422 e. The van der Waals surface area contributed by atoms with E-state index >= 15 is 0 Å². The monoisotopic (exact) mass is 461 g/mol. The number of rotatable bonds is 5. The number of ketones is 1. The molecule has 1 aliphatic carbocycles. The number of alkyl halides is 3. The molecule has 1 aromatic carbocycles. The average Bonchev–Trinajstić information content (AvgIpc) is 3.44. The van der Waals surface area contributed by atoms with E-state index in [0.29, 0.717) is 24.5 Å². The first kappa shape index (κ1) is 21.5. The molecule has 0 amide bonds. The molecule has 1 atom stereocenters. The van der Waals surface area contributed by atoms with Crippen molar-refractivity contribution in [1.82, 2.24) is 4.98 Å². The summed E-state index contributed by atoms with van der Waals surface area (Å²) in [4.78, 5) is 21.7. The lowest BCUT2D eigenvalue weighted by Crippen LogP contribution is -2.44. The number of nitrogens with two attached hydrogens (primary N) is 1. The van der Waals surface area contributed by atoms with Gasteiger partial charge in [0.1, 0.15) is 29.3 Å². The Morgan fingerprint density at radius 1 is 1.21 bits per heavy atom. The first-order valence-corrected chi connectivity index (χ1v) is 10.5. The molecule has 2 N–H and O–H groups in total. The predicted molar refractivity (Wildman–Crippen MR) is 111 cm³/mol. The summed E-state index contributed by atoms with van der Waals surface area (Å²) in [5.41, 5.74) is 7.34. The fraction of sp³-hybridized carbons (Fsp3) is 0.435. The van der Waals surface area contributed by atoms with Crippen LogP contribution in [0.5, 0.6) is 11.5 Å². The van der Waals surface area contributed by atoms with Gasteiger partial charge in [-0.25, -0.2) is 9.98 Å². The number of nitrogens with zero attached hydrogens (tertiary/aromatic N) is 2. The van der Waals surface area contributed by atoms with Crippen LogP contribution in [0.4, 0.5) is 13.2 Å². The largest absolute Gasteiger partial charge is 0.493 e. The third-order valence-corrected chi connectivity index (χ3v) is 6.54. The maximum atomic E-state index is 12.9. The molecule has 2 aromatic rings. The van der Waals surface area contributed by atoms with Gasteiger partial charge < -0.3 is 19.9 Å². The number of pyridine rings is 1. The standard InChI is InChI=1S/C23H22F3N3O4/c1-13-6-15(31-12-23(24,25)26)9-28-19(13)17(30)8-14-2-3-18-16(7-14)22(11-33-20(27)29-22)21(4-5-21)10-32-18/h2-3,6-7,9H,4-5,8,10-12H2,1H3,(H2,27,29). The highest BCUT2D eigenvalue weighted by Gasteiger charge is 2.66. The second-order valence-corrected chi connectivity index (χ2v) is 8.84. The number of benzene rings is 1. The predicted octanol–water partition coefficient (Wildman–Crippen LogP) is 3.47. The van der Waals surface area contributed by atoms with E-state index in [4.69, 9.17) is 19.9 Å². The minimum Gasteiger partial charge on any atom is -0.493 e. The molecule has 174 valence electrons. The van der Waals surface area contributed by atoms with E-state index in [-0.39, 0.29) is 35.1 Å². The lowest BCUT2D eigenvalue weighted by molar-refractivity contribution is -0.153. The van der Waals surface area contributed by atoms with E-state index < -0.39 is 18.3 Å². The van der Waals surface area contributed by atoms with Crippen molar-refractivity contribution < 1.29 is 32.2 Å². The van der Waals surface area contributed by atoms with Crippen molar-refractivity contribution in [1.29, 1.82) is 0 Å². The first-order chi connectivity index (χ1) is 15.6. The number of amidine groups is 1. The molecular formula is C23H22F3N3O4. The number of carbonyl (C=O) groups is 1. The van der Waals surface area contributed by atoms with Gasteiger partial charge in [0, 0.05) is 17.4 Å². The summed E-state index contributed by atoms with van der Waals surface area (Å²) >= 11 is 0. The molecule has 2 spiro atoms. The van der Waals surface area contributed by atoms with Crippen LogP contribution in [0.3, 0.4) is 0 Å². The summed E-state index contributed by atoms with van der Waals surface area (Å²) in [6.07, 6.45) is -1.34. The van der Waals surface area contributed by atoms with Crippen LogP contribution in [0.25, 0.3) is 0 Å². The molecule has 2 aliphatic heterocycles. The summed E-state index contributed by atoms with van der Waals surface area (Å²) < 4.78 is 53.3. The van der Waals surface area contributed by atoms with E-state index in [1.54, 1.807) is 6.92 Å². The smallest absolute Gasteiger partial charge is 0.422 e. The van der Waals surface area contributed by atoms with Gasteiger partial charge in [-0.15, -0.1) is 0 Å². The number of aromatic nitrogens is 1. The van der Waals surface area contributed by atoms with Crippen LogP contribution in [0.1, 0.15) is 40.0 Å². The lowest BCUT2D eigenvalue weighted by atomic mass is 9.74. The number of fused-ring (bicyclic) bond motifs is 3. The van der Waals surface area contributed by atoms with Crippen molar-refractivity contribution in [3.8, 4) is 11.5 Å². The number of ether oxygens (including phenoxy) is 3. The fourth-order valence-corrected chi connectivity index (χ4v) is 4.66. The van der Waals surface area contributed by atoms with Gasteiger partial charge in [-0.3, -0.25) is 4.79 Å². The van der Waals surface area contributed by atoms with Crippen LogP contribution in [0.15, 0.2) is 35.5 Å². The number of aryl methyl sites for hydroxylation is 1. The molecule has 5 rings (SSSR count). The van der Waals surface area contributed by atoms with E-state index in [1.165, 1.54) is 6.07 Å². The fourth-order valence-electron chi connectivity index (χ4n) is 4.66. The van der Waals surface area contributed by atoms with E-state index in [0.717, 1.165) is 30.2 Å². The van der Waals surface area contributed by atoms with Crippen LogP contribution < -0.4 is 15.2 Å². The van der Waals surface area contributed by atoms with Crippen molar-refractivity contribution in [2.24, 2.45) is 16.1 Å². The Hall–Kier alpha value is -3.30. The average molecular weight is 461 g/mol. The van der Waals surface area contributed by atoms with Crippen LogP contribution in [-0.4, -0.2) is 42.8 Å². The molecule has 3 aliphatic rings. The van der Waals surface area contributed by atoms with Gasteiger partial charge >= 0.3 is 6.18 Å². The molecule has 1 unspecified atom stereocenters. The minimum atomic E-state index is -4.45. The molecule has 7 nitrogen and oxygen atoms in total.